The molecular formula is C23H21N2O4S-. The van der Waals surface area contributed by atoms with Crippen molar-refractivity contribution in [2.24, 2.45) is 4.99 Å². The maximum absolute atomic E-state index is 12.0. The molecule has 1 aliphatic carbocycles. The van der Waals surface area contributed by atoms with Crippen LogP contribution in [-0.2, 0) is 10.1 Å². The van der Waals surface area contributed by atoms with E-state index in [-0.39, 0.29) is 4.90 Å². The van der Waals surface area contributed by atoms with Crippen LogP contribution in [0.4, 0.5) is 5.69 Å². The van der Waals surface area contributed by atoms with Gasteiger partial charge in [0.25, 0.3) is 0 Å². The molecule has 0 aromatic heterocycles. The Morgan fingerprint density at radius 3 is 2.53 bits per heavy atom. The number of hydrogen-bond donors (Lipinski definition) is 1. The standard InChI is InChI=1S/C23H22N2O4S/c1-3-24-15-9-11-17-20(13-15)29-21-14-16(25-4-2)10-12-18(21)23(17)19-7-5-6-8-22(19)30(26,27)28/h5-14,24H,3-4H2,1-2H3,(H,26,27,28)/p-1. The molecule has 0 unspecified atom stereocenters. The third-order valence-corrected chi connectivity index (χ3v) is 5.75. The fourth-order valence-electron chi connectivity index (χ4n) is 3.66. The molecule has 0 saturated heterocycles. The van der Waals surface area contributed by atoms with Crippen molar-refractivity contribution in [1.29, 1.82) is 0 Å². The predicted octanol–water partition coefficient (Wildman–Crippen LogP) is 4.46. The summed E-state index contributed by atoms with van der Waals surface area (Å²) >= 11 is 0. The minimum atomic E-state index is -4.66. The zero-order valence-corrected chi connectivity index (χ0v) is 17.5. The van der Waals surface area contributed by atoms with Gasteiger partial charge >= 0.3 is 0 Å². The normalized spacial score (nSPS) is 12.6. The van der Waals surface area contributed by atoms with Gasteiger partial charge in [0.15, 0.2) is 0 Å². The Labute approximate surface area is 175 Å². The van der Waals surface area contributed by atoms with Gasteiger partial charge in [-0.2, -0.15) is 0 Å². The topological polar surface area (TPSA) is 94.7 Å². The Hall–Kier alpha value is -3.16. The molecule has 2 aromatic rings. The van der Waals surface area contributed by atoms with Crippen molar-refractivity contribution in [1.82, 2.24) is 0 Å². The highest BCUT2D eigenvalue weighted by Gasteiger charge is 2.21. The lowest BCUT2D eigenvalue weighted by Crippen LogP contribution is -2.05. The Morgan fingerprint density at radius 2 is 1.80 bits per heavy atom. The zero-order chi connectivity index (χ0) is 21.3. The first-order chi connectivity index (χ1) is 14.4. The number of hydrogen-bond acceptors (Lipinski definition) is 6. The van der Waals surface area contributed by atoms with Crippen LogP contribution in [0.2, 0.25) is 0 Å². The summed E-state index contributed by atoms with van der Waals surface area (Å²) in [4.78, 5) is 4.17. The molecule has 0 fully saturated rings. The second kappa shape index (κ2) is 7.93. The second-order valence-corrected chi connectivity index (χ2v) is 8.17. The van der Waals surface area contributed by atoms with Crippen LogP contribution in [0.1, 0.15) is 13.8 Å². The van der Waals surface area contributed by atoms with Gasteiger partial charge in [-0.15, -0.1) is 0 Å². The van der Waals surface area contributed by atoms with E-state index in [1.54, 1.807) is 18.2 Å². The van der Waals surface area contributed by atoms with Crippen LogP contribution in [0, 0.1) is 0 Å². The molecule has 7 heteroatoms. The predicted molar refractivity (Wildman–Crippen MR) is 117 cm³/mol. The van der Waals surface area contributed by atoms with Crippen molar-refractivity contribution in [2.75, 3.05) is 18.4 Å². The van der Waals surface area contributed by atoms with Gasteiger partial charge in [0.2, 0.25) is 0 Å². The van der Waals surface area contributed by atoms with Crippen molar-refractivity contribution in [2.45, 2.75) is 18.7 Å². The number of nitrogens with zero attached hydrogens (tertiary/aromatic N) is 1. The lowest BCUT2D eigenvalue weighted by Gasteiger charge is -2.19. The fourth-order valence-corrected chi connectivity index (χ4v) is 4.34. The Morgan fingerprint density at radius 1 is 1.00 bits per heavy atom. The number of benzene rings is 3. The zero-order valence-electron chi connectivity index (χ0n) is 16.7. The molecular weight excluding hydrogens is 400 g/mol. The molecule has 6 nitrogen and oxygen atoms in total. The van der Waals surface area contributed by atoms with Gasteiger partial charge in [-0.05, 0) is 44.2 Å². The molecule has 30 heavy (non-hydrogen) atoms. The molecule has 0 radical (unpaired) electrons. The summed E-state index contributed by atoms with van der Waals surface area (Å²) in [6.45, 7) is 5.34. The Balaban J connectivity index is 2.15. The molecule has 0 amide bonds. The molecule has 1 N–H and O–H groups in total. The van der Waals surface area contributed by atoms with Crippen LogP contribution in [-0.4, -0.2) is 26.1 Å². The maximum atomic E-state index is 12.0. The molecule has 1 aliphatic heterocycles. The quantitative estimate of drug-likeness (QED) is 0.379. The third-order valence-electron chi connectivity index (χ3n) is 4.85. The summed E-state index contributed by atoms with van der Waals surface area (Å²) in [7, 11) is -4.66. The van der Waals surface area contributed by atoms with Gasteiger partial charge in [-0.1, -0.05) is 18.2 Å². The van der Waals surface area contributed by atoms with Crippen molar-refractivity contribution in [3.05, 3.63) is 66.0 Å². The first-order valence-corrected chi connectivity index (χ1v) is 11.1. The molecule has 0 bridgehead atoms. The third kappa shape index (κ3) is 3.69. The summed E-state index contributed by atoms with van der Waals surface area (Å²) in [6.07, 6.45) is 0. The molecule has 1 heterocycles. The highest BCUT2D eigenvalue weighted by Crippen LogP contribution is 2.42. The molecule has 154 valence electrons. The van der Waals surface area contributed by atoms with Crippen LogP contribution in [0.25, 0.3) is 33.4 Å². The SMILES string of the molecule is CCN=c1ccc2c(-c3ccccc3S(=O)(=O)[O-])c3ccc(NCC)cc3oc-2c1. The molecule has 0 saturated carbocycles. The maximum Gasteiger partial charge on any atom is 0.137 e. The molecule has 0 spiro atoms. The van der Waals surface area contributed by atoms with Crippen LogP contribution < -0.4 is 10.7 Å². The van der Waals surface area contributed by atoms with E-state index in [2.05, 4.69) is 10.3 Å². The summed E-state index contributed by atoms with van der Waals surface area (Å²) in [6, 6.07) is 17.5. The molecule has 4 rings (SSSR count). The van der Waals surface area contributed by atoms with Gasteiger partial charge in [0.1, 0.15) is 21.5 Å². The highest BCUT2D eigenvalue weighted by molar-refractivity contribution is 7.85. The lowest BCUT2D eigenvalue weighted by atomic mass is 9.93. The first kappa shape index (κ1) is 20.1. The Bertz CT molecular complexity index is 1370. The van der Waals surface area contributed by atoms with E-state index in [9.17, 15) is 13.0 Å². The van der Waals surface area contributed by atoms with Gasteiger partial charge in [-0.25, -0.2) is 8.42 Å². The summed E-state index contributed by atoms with van der Waals surface area (Å²) in [5, 5.41) is 4.74. The van der Waals surface area contributed by atoms with E-state index >= 15 is 0 Å². The van der Waals surface area contributed by atoms with Crippen molar-refractivity contribution in [3.63, 3.8) is 0 Å². The van der Waals surface area contributed by atoms with Crippen molar-refractivity contribution < 1.29 is 17.4 Å². The van der Waals surface area contributed by atoms with Crippen LogP contribution in [0.15, 0.2) is 75.0 Å². The number of anilines is 1. The molecule has 2 aliphatic rings. The van der Waals surface area contributed by atoms with Gasteiger partial charge in [-0.3, -0.25) is 4.99 Å². The first-order valence-electron chi connectivity index (χ1n) is 9.72. The van der Waals surface area contributed by atoms with Gasteiger partial charge in [0.05, 0.1) is 10.3 Å². The smallest absolute Gasteiger partial charge is 0.137 e. The van der Waals surface area contributed by atoms with E-state index in [4.69, 9.17) is 4.42 Å². The average molecular weight is 421 g/mol. The van der Waals surface area contributed by atoms with Crippen LogP contribution in [0.3, 0.4) is 0 Å². The average Bonchev–Trinajstić information content (AvgIpc) is 2.72. The highest BCUT2D eigenvalue weighted by atomic mass is 32.2. The molecule has 2 aromatic carbocycles. The molecule has 0 atom stereocenters. The van der Waals surface area contributed by atoms with E-state index in [0.717, 1.165) is 23.0 Å². The lowest BCUT2D eigenvalue weighted by molar-refractivity contribution is 0.463. The monoisotopic (exact) mass is 421 g/mol. The van der Waals surface area contributed by atoms with E-state index in [1.807, 2.05) is 50.2 Å². The van der Waals surface area contributed by atoms with Gasteiger partial charge < -0.3 is 14.3 Å². The second-order valence-electron chi connectivity index (χ2n) is 6.82. The minimum Gasteiger partial charge on any atom is -0.744 e. The number of nitrogens with one attached hydrogen (secondary N) is 1. The van der Waals surface area contributed by atoms with E-state index in [0.29, 0.717) is 34.6 Å². The number of fused-ring (bicyclic) bond motifs is 2. The number of rotatable bonds is 5. The van der Waals surface area contributed by atoms with Crippen molar-refractivity contribution >= 4 is 26.8 Å². The summed E-state index contributed by atoms with van der Waals surface area (Å²) < 4.78 is 42.1. The fraction of sp³-hybridized carbons (Fsp3) is 0.174. The largest absolute Gasteiger partial charge is 0.744 e. The van der Waals surface area contributed by atoms with E-state index in [1.165, 1.54) is 6.07 Å². The van der Waals surface area contributed by atoms with Crippen LogP contribution in [0.5, 0.6) is 0 Å². The Kier molecular flexibility index (Phi) is 5.32. The van der Waals surface area contributed by atoms with E-state index < -0.39 is 10.1 Å². The summed E-state index contributed by atoms with van der Waals surface area (Å²) in [5.74, 6) is 0.568. The van der Waals surface area contributed by atoms with Crippen molar-refractivity contribution in [3.8, 4) is 22.5 Å². The minimum absolute atomic E-state index is 0.253. The van der Waals surface area contributed by atoms with Gasteiger partial charge in [0, 0.05) is 53.0 Å². The summed E-state index contributed by atoms with van der Waals surface area (Å²) in [5.41, 5.74) is 3.19. The van der Waals surface area contributed by atoms with Crippen LogP contribution >= 0.6 is 0 Å².